The molecule has 0 aromatic rings. The van der Waals surface area contributed by atoms with Crippen molar-refractivity contribution in [1.82, 2.24) is 0 Å². The molecule has 0 aromatic carbocycles. The van der Waals surface area contributed by atoms with Gasteiger partial charge in [-0.2, -0.15) is 0 Å². The van der Waals surface area contributed by atoms with E-state index in [1.54, 1.807) is 13.0 Å². The lowest BCUT2D eigenvalue weighted by Gasteiger charge is -2.65. The molecule has 9 aliphatic rings. The van der Waals surface area contributed by atoms with E-state index in [0.29, 0.717) is 25.2 Å². The third-order valence-corrected chi connectivity index (χ3v) is 18.8. The van der Waals surface area contributed by atoms with Gasteiger partial charge in [0, 0.05) is 37.7 Å². The van der Waals surface area contributed by atoms with Crippen LogP contribution in [0.1, 0.15) is 119 Å². The van der Waals surface area contributed by atoms with Crippen molar-refractivity contribution in [3.8, 4) is 0 Å². The highest BCUT2D eigenvalue weighted by atomic mass is 16.7. The fourth-order valence-electron chi connectivity index (χ4n) is 15.1. The Labute approximate surface area is 404 Å². The number of ether oxygens (including phenoxy) is 9. The van der Waals surface area contributed by atoms with Gasteiger partial charge in [-0.25, -0.2) is 4.79 Å². The number of aliphatic hydroxyl groups excluding tert-OH is 7. The van der Waals surface area contributed by atoms with Crippen molar-refractivity contribution in [3.63, 3.8) is 0 Å². The highest BCUT2D eigenvalue weighted by molar-refractivity contribution is 5.85. The molecule has 0 amide bonds. The maximum Gasteiger partial charge on any atom is 0.331 e. The maximum atomic E-state index is 12.6. The Kier molecular flexibility index (Phi) is 15.1. The molecule has 0 aromatic heterocycles. The molecule has 5 aliphatic carbocycles. The van der Waals surface area contributed by atoms with Crippen molar-refractivity contribution in [3.05, 3.63) is 11.6 Å². The summed E-state index contributed by atoms with van der Waals surface area (Å²) in [6.45, 7) is 10.7. The Morgan fingerprint density at radius 3 is 2.10 bits per heavy atom. The lowest BCUT2D eigenvalue weighted by molar-refractivity contribution is -0.346. The first kappa shape index (κ1) is 52.0. The number of aliphatic hydroxyl groups is 8. The molecule has 19 nitrogen and oxygen atoms in total. The average Bonchev–Trinajstić information content (AvgIpc) is 3.84. The van der Waals surface area contributed by atoms with Crippen LogP contribution < -0.4 is 0 Å². The molecule has 3 saturated heterocycles. The molecule has 69 heavy (non-hydrogen) atoms. The summed E-state index contributed by atoms with van der Waals surface area (Å²) in [5.74, 6) is -0.723. The number of fused-ring (bicyclic) bond motifs is 5. The van der Waals surface area contributed by atoms with Crippen molar-refractivity contribution < 1.29 is 93.1 Å². The van der Waals surface area contributed by atoms with Crippen molar-refractivity contribution >= 4 is 11.9 Å². The predicted octanol–water partition coefficient (Wildman–Crippen LogP) is 1.28. The quantitative estimate of drug-likeness (QED) is 0.107. The molecule has 3 unspecified atom stereocenters. The summed E-state index contributed by atoms with van der Waals surface area (Å²) in [5, 5.41) is 88.3. The molecule has 26 atom stereocenters. The zero-order valence-corrected chi connectivity index (χ0v) is 40.8. The van der Waals surface area contributed by atoms with Gasteiger partial charge in [-0.05, 0) is 112 Å². The monoisotopic (exact) mass is 983 g/mol. The van der Waals surface area contributed by atoms with Gasteiger partial charge in [0.15, 0.2) is 18.9 Å². The molecule has 8 fully saturated rings. The molecule has 8 N–H and O–H groups in total. The molecular formula is C50H78O19. The van der Waals surface area contributed by atoms with Gasteiger partial charge in [-0.15, -0.1) is 0 Å². The second kappa shape index (κ2) is 20.1. The molecule has 0 radical (unpaired) electrons. The van der Waals surface area contributed by atoms with Gasteiger partial charge < -0.3 is 83.5 Å². The van der Waals surface area contributed by atoms with Crippen LogP contribution >= 0.6 is 0 Å². The van der Waals surface area contributed by atoms with Crippen LogP contribution in [0, 0.1) is 40.4 Å². The molecule has 4 heterocycles. The first-order valence-corrected chi connectivity index (χ1v) is 25.7. The number of cyclic esters (lactones) is 1. The molecule has 19 heteroatoms. The Bertz CT molecular complexity index is 1840. The number of carbonyl (C=O) groups is 2. The van der Waals surface area contributed by atoms with Crippen LogP contribution in [0.4, 0.5) is 0 Å². The molecule has 4 aliphatic heterocycles. The summed E-state index contributed by atoms with van der Waals surface area (Å²) < 4.78 is 54.4. The number of rotatable bonds is 11. The fourth-order valence-corrected chi connectivity index (χ4v) is 15.1. The predicted molar refractivity (Wildman–Crippen MR) is 238 cm³/mol. The maximum absolute atomic E-state index is 12.6. The number of esters is 2. The van der Waals surface area contributed by atoms with Gasteiger partial charge in [-0.1, -0.05) is 20.8 Å². The molecule has 392 valence electrons. The Balaban J connectivity index is 0.752. The average molecular weight is 983 g/mol. The van der Waals surface area contributed by atoms with Crippen molar-refractivity contribution in [1.29, 1.82) is 0 Å². The standard InChI is InChI=1S/C50H78O19/c1-22-13-29(16-33(53)44(22)68-40-19-35(64-25(4)52)46(24(3)63-40)69-47-43(59)42(58)41(57)36(20-51)67-47)66-45-23(2)62-39(18-34(45)54)65-28-9-11-48(5)27(15-28)7-8-31-32(48)17-37(55)49(6)30(10-12-50(31,49)60)26-14-38(56)61-21-26/h14,22-24,27-37,39-47,51,53-55,57-60H,7-13,15-21H2,1-6H3/t22-,23+,24+,27+,28-,29+,30+,31+,32?,33-,34-,35-,36+,37+,39?,40?,41+,42-,43+,44+,45+,46+,47-,48-,49-,50-/m0/s1. The van der Waals surface area contributed by atoms with E-state index in [9.17, 15) is 50.4 Å². The first-order valence-electron chi connectivity index (χ1n) is 25.7. The summed E-state index contributed by atoms with van der Waals surface area (Å²) in [6.07, 6.45) is -7.95. The second-order valence-electron chi connectivity index (χ2n) is 22.8. The summed E-state index contributed by atoms with van der Waals surface area (Å²) >= 11 is 0. The summed E-state index contributed by atoms with van der Waals surface area (Å²) in [4.78, 5) is 24.2. The largest absolute Gasteiger partial charge is 0.459 e. The SMILES string of the molecule is CC(=O)O[C@H]1CC(O[C@@H]2[C@@H](C)C[C@@H](O[C@H]3[C@@H](O)CC(O[C@H]4CC[C@]5(C)C6C[C@@H](O)[C@]7(C)[C@@H](C8=CC(=O)OC8)CC[C@]7(O)[C@@H]6CC[C@@H]5C4)O[C@@H]3C)C[C@@H]2O)O[C@H](C)[C@H]1O[C@@H]1O[C@H](CO)[C@@H](O)[C@H](O)[C@H]1O. The molecule has 9 rings (SSSR count). The van der Waals surface area contributed by atoms with E-state index >= 15 is 0 Å². The van der Waals surface area contributed by atoms with Gasteiger partial charge in [0.05, 0.1) is 61.0 Å². The van der Waals surface area contributed by atoms with Gasteiger partial charge in [-0.3, -0.25) is 4.79 Å². The van der Waals surface area contributed by atoms with E-state index < -0.39 is 128 Å². The van der Waals surface area contributed by atoms with Crippen LogP contribution in [0.25, 0.3) is 0 Å². The third-order valence-electron chi connectivity index (χ3n) is 18.8. The number of hydrogen-bond donors (Lipinski definition) is 8. The van der Waals surface area contributed by atoms with Gasteiger partial charge in [0.2, 0.25) is 0 Å². The van der Waals surface area contributed by atoms with Crippen LogP contribution in [0.3, 0.4) is 0 Å². The van der Waals surface area contributed by atoms with E-state index in [-0.39, 0.29) is 67.0 Å². The van der Waals surface area contributed by atoms with E-state index in [4.69, 9.17) is 42.6 Å². The highest BCUT2D eigenvalue weighted by Crippen LogP contribution is 2.70. The van der Waals surface area contributed by atoms with E-state index in [1.165, 1.54) is 6.92 Å². The van der Waals surface area contributed by atoms with Crippen molar-refractivity contribution in [2.75, 3.05) is 13.2 Å². The van der Waals surface area contributed by atoms with Crippen LogP contribution in [-0.2, 0) is 52.2 Å². The topological polar surface area (TPSA) is 279 Å². The van der Waals surface area contributed by atoms with E-state index in [2.05, 4.69) is 6.92 Å². The van der Waals surface area contributed by atoms with Crippen LogP contribution in [0.5, 0.6) is 0 Å². The molecule has 0 bridgehead atoms. The van der Waals surface area contributed by atoms with Crippen LogP contribution in [-0.4, -0.2) is 182 Å². The lowest BCUT2D eigenvalue weighted by atomic mass is 9.42. The minimum atomic E-state index is -1.67. The Morgan fingerprint density at radius 1 is 0.725 bits per heavy atom. The second-order valence-corrected chi connectivity index (χ2v) is 22.8. The van der Waals surface area contributed by atoms with Crippen LogP contribution in [0.15, 0.2) is 11.6 Å². The molecular weight excluding hydrogens is 905 g/mol. The zero-order valence-electron chi connectivity index (χ0n) is 40.8. The van der Waals surface area contributed by atoms with Crippen LogP contribution in [0.2, 0.25) is 0 Å². The van der Waals surface area contributed by atoms with E-state index in [1.807, 2.05) is 20.8 Å². The molecule has 0 spiro atoms. The lowest BCUT2D eigenvalue weighted by Crippen LogP contribution is -2.67. The van der Waals surface area contributed by atoms with E-state index in [0.717, 1.165) is 44.1 Å². The summed E-state index contributed by atoms with van der Waals surface area (Å²) in [7, 11) is 0. The minimum Gasteiger partial charge on any atom is -0.459 e. The van der Waals surface area contributed by atoms with Crippen molar-refractivity contribution in [2.45, 2.75) is 235 Å². The van der Waals surface area contributed by atoms with Gasteiger partial charge in [0.25, 0.3) is 0 Å². The minimum absolute atomic E-state index is 0.00547. The number of hydrogen-bond acceptors (Lipinski definition) is 19. The smallest absolute Gasteiger partial charge is 0.331 e. The Hall–Kier alpha value is -1.92. The van der Waals surface area contributed by atoms with Gasteiger partial charge >= 0.3 is 11.9 Å². The van der Waals surface area contributed by atoms with Gasteiger partial charge in [0.1, 0.15) is 49.3 Å². The summed E-state index contributed by atoms with van der Waals surface area (Å²) in [5.41, 5.74) is -0.978. The first-order chi connectivity index (χ1) is 32.6. The number of carbonyl (C=O) groups excluding carboxylic acids is 2. The summed E-state index contributed by atoms with van der Waals surface area (Å²) in [6, 6.07) is 0. The Morgan fingerprint density at radius 2 is 1.43 bits per heavy atom. The normalized spacial score (nSPS) is 53.3. The molecule has 5 saturated carbocycles. The highest BCUT2D eigenvalue weighted by Gasteiger charge is 2.71. The fraction of sp³-hybridized carbons (Fsp3) is 0.920. The third kappa shape index (κ3) is 9.49. The van der Waals surface area contributed by atoms with Crippen molar-refractivity contribution in [2.24, 2.45) is 40.4 Å². The zero-order chi connectivity index (χ0) is 49.5.